The monoisotopic (exact) mass is 483 g/mol. The average Bonchev–Trinajstić information content (AvgIpc) is 2.88. The van der Waals surface area contributed by atoms with Crippen LogP contribution in [0.4, 0.5) is 0 Å². The van der Waals surface area contributed by atoms with Crippen LogP contribution in [0.15, 0.2) is 24.3 Å². The second-order valence-electron chi connectivity index (χ2n) is 10.4. The van der Waals surface area contributed by atoms with Crippen LogP contribution < -0.4 is 9.47 Å². The molecule has 5 nitrogen and oxygen atoms in total. The van der Waals surface area contributed by atoms with Gasteiger partial charge in [-0.15, -0.1) is 0 Å². The van der Waals surface area contributed by atoms with Crippen molar-refractivity contribution in [2.45, 2.75) is 117 Å². The van der Waals surface area contributed by atoms with E-state index < -0.39 is 11.4 Å². The summed E-state index contributed by atoms with van der Waals surface area (Å²) in [5.41, 5.74) is -1.17. The van der Waals surface area contributed by atoms with Gasteiger partial charge in [0.1, 0.15) is 11.5 Å². The van der Waals surface area contributed by atoms with Crippen LogP contribution in [-0.4, -0.2) is 11.9 Å². The van der Waals surface area contributed by atoms with Crippen molar-refractivity contribution in [3.63, 3.8) is 0 Å². The highest BCUT2D eigenvalue weighted by Crippen LogP contribution is 2.33. The Hall–Kier alpha value is -2.35. The van der Waals surface area contributed by atoms with Gasteiger partial charge in [0.15, 0.2) is 5.41 Å². The van der Waals surface area contributed by atoms with Gasteiger partial charge < -0.3 is 9.47 Å². The Kier molecular flexibility index (Phi) is 12.9. The van der Waals surface area contributed by atoms with Gasteiger partial charge >= 0.3 is 11.9 Å². The van der Waals surface area contributed by atoms with Crippen LogP contribution >= 0.6 is 0 Å². The summed E-state index contributed by atoms with van der Waals surface area (Å²) in [6.45, 7) is 5.60. The van der Waals surface area contributed by atoms with Gasteiger partial charge in [-0.2, -0.15) is 5.26 Å². The van der Waals surface area contributed by atoms with Crippen molar-refractivity contribution in [1.29, 1.82) is 5.26 Å². The third kappa shape index (κ3) is 10.0. The van der Waals surface area contributed by atoms with Gasteiger partial charge in [0, 0.05) is 0 Å². The first-order chi connectivity index (χ1) is 16.9. The Morgan fingerprint density at radius 1 is 0.857 bits per heavy atom. The smallest absolute Gasteiger partial charge is 0.331 e. The fourth-order valence-corrected chi connectivity index (χ4v) is 4.69. The summed E-state index contributed by atoms with van der Waals surface area (Å²) in [5, 5.41) is 9.21. The zero-order valence-corrected chi connectivity index (χ0v) is 22.2. The van der Waals surface area contributed by atoms with E-state index in [0.29, 0.717) is 17.9 Å². The number of esters is 2. The van der Waals surface area contributed by atoms with Crippen molar-refractivity contribution >= 4 is 11.9 Å². The van der Waals surface area contributed by atoms with Crippen LogP contribution in [0, 0.1) is 28.6 Å². The number of ether oxygens (including phenoxy) is 2. The van der Waals surface area contributed by atoms with Crippen LogP contribution in [0.3, 0.4) is 0 Å². The number of benzene rings is 1. The molecule has 1 aromatic rings. The minimum absolute atomic E-state index is 0.0345. The molecule has 0 saturated heterocycles. The van der Waals surface area contributed by atoms with E-state index in [2.05, 4.69) is 6.92 Å². The third-order valence-corrected chi connectivity index (χ3v) is 7.55. The van der Waals surface area contributed by atoms with Crippen LogP contribution in [0.5, 0.6) is 11.5 Å². The maximum Gasteiger partial charge on any atom is 0.331 e. The predicted octanol–water partition coefficient (Wildman–Crippen LogP) is 8.16. The molecule has 1 aliphatic rings. The van der Waals surface area contributed by atoms with Gasteiger partial charge in [0.25, 0.3) is 0 Å². The first kappa shape index (κ1) is 28.9. The Bertz CT molecular complexity index is 805. The molecule has 1 fully saturated rings. The molecule has 0 radical (unpaired) electrons. The molecule has 0 heterocycles. The minimum atomic E-state index is -1.17. The topological polar surface area (TPSA) is 76.4 Å². The van der Waals surface area contributed by atoms with Crippen LogP contribution in [0.1, 0.15) is 117 Å². The van der Waals surface area contributed by atoms with E-state index in [1.165, 1.54) is 64.2 Å². The number of unbranched alkanes of at least 4 members (excludes halogenated alkanes) is 8. The van der Waals surface area contributed by atoms with Crippen molar-refractivity contribution in [1.82, 2.24) is 0 Å². The summed E-state index contributed by atoms with van der Waals surface area (Å²) in [7, 11) is 0. The second-order valence-corrected chi connectivity index (χ2v) is 10.4. The van der Waals surface area contributed by atoms with Gasteiger partial charge in [-0.25, -0.2) is 4.79 Å². The van der Waals surface area contributed by atoms with Crippen LogP contribution in [0.25, 0.3) is 0 Å². The third-order valence-electron chi connectivity index (χ3n) is 7.55. The molecule has 35 heavy (non-hydrogen) atoms. The van der Waals surface area contributed by atoms with Gasteiger partial charge in [0.05, 0.1) is 12.0 Å². The van der Waals surface area contributed by atoms with E-state index >= 15 is 0 Å². The van der Waals surface area contributed by atoms with E-state index in [9.17, 15) is 14.9 Å². The van der Waals surface area contributed by atoms with E-state index in [0.717, 1.165) is 31.6 Å². The maximum atomic E-state index is 12.6. The highest BCUT2D eigenvalue weighted by Gasteiger charge is 2.33. The number of carbonyl (C=O) groups is 2. The summed E-state index contributed by atoms with van der Waals surface area (Å²) in [6, 6.07) is 8.46. The molecule has 0 bridgehead atoms. The fraction of sp³-hybridized carbons (Fsp3) is 0.700. The highest BCUT2D eigenvalue weighted by molar-refractivity contribution is 5.81. The van der Waals surface area contributed by atoms with Gasteiger partial charge in [-0.3, -0.25) is 4.79 Å². The Morgan fingerprint density at radius 3 is 1.89 bits per heavy atom. The molecule has 1 aliphatic carbocycles. The second kappa shape index (κ2) is 15.6. The molecule has 0 N–H and O–H groups in total. The lowest BCUT2D eigenvalue weighted by molar-refractivity contribution is -0.142. The number of rotatable bonds is 15. The quantitative estimate of drug-likeness (QED) is 0.143. The van der Waals surface area contributed by atoms with Crippen molar-refractivity contribution in [3.05, 3.63) is 24.3 Å². The zero-order valence-electron chi connectivity index (χ0n) is 22.2. The van der Waals surface area contributed by atoms with E-state index in [-0.39, 0.29) is 11.9 Å². The standard InChI is InChI=1S/C30H45NO4/c1-4-6-7-8-9-10-11-12-13-14-24-15-17-25(18-16-24)28(32)34-26-19-21-27(22-20-26)35-29(33)30(3,5-2)23-31/h19-22,24-25H,4-18H2,1-3H3. The number of carbonyl (C=O) groups excluding carboxylic acids is 2. The molecule has 1 unspecified atom stereocenters. The molecule has 0 aliphatic heterocycles. The first-order valence-corrected chi connectivity index (χ1v) is 13.9. The molecule has 1 aromatic carbocycles. The molecular weight excluding hydrogens is 438 g/mol. The molecule has 1 saturated carbocycles. The SMILES string of the molecule is CCCCCCCCCCCC1CCC(C(=O)Oc2ccc(OC(=O)C(C)(C#N)CC)cc2)CC1. The predicted molar refractivity (Wildman–Crippen MR) is 139 cm³/mol. The molecule has 0 aromatic heterocycles. The molecule has 0 amide bonds. The van der Waals surface area contributed by atoms with Crippen LogP contribution in [0.2, 0.25) is 0 Å². The molecule has 0 spiro atoms. The maximum absolute atomic E-state index is 12.6. The van der Waals surface area contributed by atoms with E-state index in [1.54, 1.807) is 38.1 Å². The summed E-state index contributed by atoms with van der Waals surface area (Å²) in [4.78, 5) is 24.8. The lowest BCUT2D eigenvalue weighted by atomic mass is 9.80. The summed E-state index contributed by atoms with van der Waals surface area (Å²) in [6.07, 6.45) is 18.0. The molecule has 5 heteroatoms. The van der Waals surface area contributed by atoms with E-state index in [1.807, 2.05) is 6.07 Å². The molecule has 2 rings (SSSR count). The molecular formula is C30H45NO4. The largest absolute Gasteiger partial charge is 0.426 e. The van der Waals surface area contributed by atoms with Gasteiger partial charge in [0.2, 0.25) is 0 Å². The zero-order chi connectivity index (χ0) is 25.5. The van der Waals surface area contributed by atoms with E-state index in [4.69, 9.17) is 9.47 Å². The van der Waals surface area contributed by atoms with Gasteiger partial charge in [-0.05, 0) is 69.2 Å². The van der Waals surface area contributed by atoms with Gasteiger partial charge in [-0.1, -0.05) is 78.1 Å². The number of hydrogen-bond donors (Lipinski definition) is 0. The average molecular weight is 484 g/mol. The Labute approximate surface area is 212 Å². The Balaban J connectivity index is 1.63. The van der Waals surface area contributed by atoms with Crippen molar-refractivity contribution in [3.8, 4) is 17.6 Å². The van der Waals surface area contributed by atoms with Crippen molar-refractivity contribution in [2.75, 3.05) is 0 Å². The molecule has 194 valence electrons. The van der Waals surface area contributed by atoms with Crippen molar-refractivity contribution < 1.29 is 19.1 Å². The minimum Gasteiger partial charge on any atom is -0.426 e. The normalized spacial score (nSPS) is 19.4. The summed E-state index contributed by atoms with van der Waals surface area (Å²) < 4.78 is 10.9. The highest BCUT2D eigenvalue weighted by atomic mass is 16.5. The number of nitrogens with zero attached hydrogens (tertiary/aromatic N) is 1. The lowest BCUT2D eigenvalue weighted by Crippen LogP contribution is -2.29. The number of nitriles is 1. The summed E-state index contributed by atoms with van der Waals surface area (Å²) >= 11 is 0. The van der Waals surface area contributed by atoms with Crippen molar-refractivity contribution in [2.24, 2.45) is 17.3 Å². The number of hydrogen-bond acceptors (Lipinski definition) is 5. The fourth-order valence-electron chi connectivity index (χ4n) is 4.69. The first-order valence-electron chi connectivity index (χ1n) is 13.9. The lowest BCUT2D eigenvalue weighted by Gasteiger charge is -2.27. The Morgan fingerprint density at radius 2 is 1.37 bits per heavy atom. The molecule has 1 atom stereocenters. The van der Waals surface area contributed by atoms with Crippen LogP contribution in [-0.2, 0) is 9.59 Å². The summed E-state index contributed by atoms with van der Waals surface area (Å²) in [5.74, 6) is 0.755.